The average molecular weight is 576 g/mol. The Hall–Kier alpha value is -1.19. The number of ether oxygens (including phenoxy) is 1. The Morgan fingerprint density at radius 2 is 1.79 bits per heavy atom. The quantitative estimate of drug-likeness (QED) is 0.289. The van der Waals surface area contributed by atoms with Crippen LogP contribution in [0.4, 0.5) is 5.95 Å². The highest BCUT2D eigenvalue weighted by atomic mass is 35.5. The van der Waals surface area contributed by atoms with Gasteiger partial charge in [0.15, 0.2) is 0 Å². The summed E-state index contributed by atoms with van der Waals surface area (Å²) in [7, 11) is 0. The zero-order valence-electron chi connectivity index (χ0n) is 18.9. The Bertz CT molecular complexity index is 1010. The van der Waals surface area contributed by atoms with Gasteiger partial charge in [-0.1, -0.05) is 6.07 Å². The summed E-state index contributed by atoms with van der Waals surface area (Å²) in [6.45, 7) is 7.84. The Morgan fingerprint density at radius 3 is 2.50 bits per heavy atom. The number of anilines is 1. The normalized spacial score (nSPS) is 13.2. The van der Waals surface area contributed by atoms with Crippen LogP contribution in [0, 0.1) is 6.92 Å². The van der Waals surface area contributed by atoms with Gasteiger partial charge in [0.05, 0.1) is 30.8 Å². The molecule has 0 amide bonds. The Balaban J connectivity index is 0.00000272. The van der Waals surface area contributed by atoms with Crippen LogP contribution in [-0.4, -0.2) is 63.9 Å². The van der Waals surface area contributed by atoms with Crippen LogP contribution >= 0.6 is 61.2 Å². The first-order chi connectivity index (χ1) is 14.6. The molecule has 1 aliphatic rings. The first-order valence-electron chi connectivity index (χ1n) is 10.4. The molecule has 4 rings (SSSR count). The van der Waals surface area contributed by atoms with Crippen molar-refractivity contribution in [1.29, 1.82) is 0 Å². The first kappa shape index (κ1) is 32.8. The number of imidazole rings is 1. The second-order valence-electron chi connectivity index (χ2n) is 7.63. The lowest BCUT2D eigenvalue weighted by Crippen LogP contribution is -2.37. The number of hydrogen-bond acceptors (Lipinski definition) is 6. The molecule has 0 spiro atoms. The molecule has 1 saturated heterocycles. The number of nitrogens with zero attached hydrogens (tertiary/aromatic N) is 4. The fourth-order valence-electron chi connectivity index (χ4n) is 3.74. The molecule has 3 aromatic rings. The minimum atomic E-state index is 0. The zero-order valence-corrected chi connectivity index (χ0v) is 22.9. The maximum atomic E-state index is 10.3. The van der Waals surface area contributed by atoms with Crippen LogP contribution in [0.25, 0.3) is 11.0 Å². The molecule has 2 N–H and O–H groups in total. The number of rotatable bonds is 8. The van der Waals surface area contributed by atoms with E-state index in [2.05, 4.69) is 25.8 Å². The van der Waals surface area contributed by atoms with Crippen LogP contribution < -0.4 is 5.32 Å². The van der Waals surface area contributed by atoms with Gasteiger partial charge in [0, 0.05) is 31.2 Å². The molecule has 1 aromatic carbocycles. The number of nitrogens with one attached hydrogen (secondary N) is 1. The number of hydrogen-bond donors (Lipinski definition) is 2. The summed E-state index contributed by atoms with van der Waals surface area (Å²) in [6, 6.07) is 9.54. The van der Waals surface area contributed by atoms with Crippen molar-refractivity contribution in [2.24, 2.45) is 0 Å². The third-order valence-electron chi connectivity index (χ3n) is 5.40. The predicted molar refractivity (Wildman–Crippen MR) is 148 cm³/mol. The minimum absolute atomic E-state index is 0. The first-order valence-corrected chi connectivity index (χ1v) is 10.9. The summed E-state index contributed by atoms with van der Waals surface area (Å²) < 4.78 is 7.48. The summed E-state index contributed by atoms with van der Waals surface area (Å²) in [5.74, 6) is 1.41. The summed E-state index contributed by atoms with van der Waals surface area (Å²) in [6.07, 6.45) is 1.02. The SMILES string of the molecule is Cc1ccc(O)c(Cn2c(NCCCN3CCOCC3)nc3ccc(CCl)cc32)n1.Cl.Cl.Cl.Cl. The van der Waals surface area contributed by atoms with Crippen molar-refractivity contribution in [1.82, 2.24) is 19.4 Å². The Morgan fingerprint density at radius 1 is 1.06 bits per heavy atom. The maximum absolute atomic E-state index is 10.3. The molecule has 0 unspecified atom stereocenters. The molecule has 3 heterocycles. The number of aromatic nitrogens is 3. The minimum Gasteiger partial charge on any atom is -0.506 e. The van der Waals surface area contributed by atoms with Crippen molar-refractivity contribution in [3.8, 4) is 5.75 Å². The average Bonchev–Trinajstić information content (AvgIpc) is 3.11. The van der Waals surface area contributed by atoms with E-state index in [1.54, 1.807) is 12.1 Å². The molecule has 7 nitrogen and oxygen atoms in total. The maximum Gasteiger partial charge on any atom is 0.204 e. The molecule has 2 aromatic heterocycles. The topological polar surface area (TPSA) is 75.4 Å². The number of aryl methyl sites for hydroxylation is 1. The van der Waals surface area contributed by atoms with Gasteiger partial charge in [-0.2, -0.15) is 0 Å². The van der Waals surface area contributed by atoms with Gasteiger partial charge < -0.3 is 19.7 Å². The highest BCUT2D eigenvalue weighted by Crippen LogP contribution is 2.25. The van der Waals surface area contributed by atoms with E-state index in [0.29, 0.717) is 18.1 Å². The lowest BCUT2D eigenvalue weighted by Gasteiger charge is -2.26. The van der Waals surface area contributed by atoms with Gasteiger partial charge in [-0.25, -0.2) is 4.98 Å². The fourth-order valence-corrected chi connectivity index (χ4v) is 3.91. The molecule has 0 atom stereocenters. The van der Waals surface area contributed by atoms with Crippen molar-refractivity contribution < 1.29 is 9.84 Å². The highest BCUT2D eigenvalue weighted by molar-refractivity contribution is 6.17. The van der Waals surface area contributed by atoms with E-state index in [4.69, 9.17) is 21.3 Å². The highest BCUT2D eigenvalue weighted by Gasteiger charge is 2.15. The van der Waals surface area contributed by atoms with E-state index >= 15 is 0 Å². The zero-order chi connectivity index (χ0) is 20.9. The molecular weight excluding hydrogens is 544 g/mol. The largest absolute Gasteiger partial charge is 0.506 e. The number of fused-ring (bicyclic) bond motifs is 1. The van der Waals surface area contributed by atoms with Crippen molar-refractivity contribution in [2.75, 3.05) is 44.7 Å². The van der Waals surface area contributed by atoms with Gasteiger partial charge in [0.1, 0.15) is 11.4 Å². The molecule has 0 radical (unpaired) electrons. The summed E-state index contributed by atoms with van der Waals surface area (Å²) in [4.78, 5) is 11.7. The third-order valence-corrected chi connectivity index (χ3v) is 5.71. The molecule has 12 heteroatoms. The molecular formula is C22H32Cl5N5O2. The van der Waals surface area contributed by atoms with Gasteiger partial charge in [-0.05, 0) is 49.7 Å². The second kappa shape index (κ2) is 15.7. The van der Waals surface area contributed by atoms with E-state index in [1.807, 2.05) is 19.1 Å². The Kier molecular flexibility index (Phi) is 15.2. The van der Waals surface area contributed by atoms with Crippen LogP contribution in [0.1, 0.15) is 23.4 Å². The van der Waals surface area contributed by atoms with Crippen LogP contribution in [0.5, 0.6) is 5.75 Å². The van der Waals surface area contributed by atoms with E-state index < -0.39 is 0 Å². The summed E-state index contributed by atoms with van der Waals surface area (Å²) in [5.41, 5.74) is 4.40. The number of benzene rings is 1. The van der Waals surface area contributed by atoms with Crippen LogP contribution in [0.3, 0.4) is 0 Å². The number of alkyl halides is 1. The van der Waals surface area contributed by atoms with Crippen LogP contribution in [0.15, 0.2) is 30.3 Å². The van der Waals surface area contributed by atoms with E-state index in [-0.39, 0.29) is 55.4 Å². The third kappa shape index (κ3) is 8.19. The summed E-state index contributed by atoms with van der Waals surface area (Å²) in [5, 5.41) is 13.8. The van der Waals surface area contributed by atoms with Crippen LogP contribution in [-0.2, 0) is 17.2 Å². The summed E-state index contributed by atoms with van der Waals surface area (Å²) >= 11 is 6.06. The Labute approximate surface area is 230 Å². The van der Waals surface area contributed by atoms with E-state index in [9.17, 15) is 5.11 Å². The lowest BCUT2D eigenvalue weighted by atomic mass is 10.2. The molecule has 0 saturated carbocycles. The molecule has 34 heavy (non-hydrogen) atoms. The van der Waals surface area contributed by atoms with Gasteiger partial charge >= 0.3 is 0 Å². The monoisotopic (exact) mass is 573 g/mol. The lowest BCUT2D eigenvalue weighted by molar-refractivity contribution is 0.0378. The van der Waals surface area contributed by atoms with Crippen molar-refractivity contribution in [3.05, 3.63) is 47.3 Å². The van der Waals surface area contributed by atoms with Crippen LogP contribution in [0.2, 0.25) is 0 Å². The molecule has 0 bridgehead atoms. The standard InChI is InChI=1S/C22H28ClN5O2.4ClH/c1-16-3-6-21(29)19(25-16)15-28-20-13-17(14-23)4-5-18(20)26-22(28)24-7-2-8-27-9-11-30-12-10-27;;;;/h3-6,13,29H,2,7-12,14-15H2,1H3,(H,24,26);4*1H. The fraction of sp³-hybridized carbons (Fsp3) is 0.455. The van der Waals surface area contributed by atoms with Gasteiger partial charge in [-0.15, -0.1) is 61.2 Å². The van der Waals surface area contributed by atoms with Gasteiger partial charge in [-0.3, -0.25) is 9.88 Å². The van der Waals surface area contributed by atoms with E-state index in [0.717, 1.165) is 74.1 Å². The molecule has 1 aliphatic heterocycles. The van der Waals surface area contributed by atoms with Gasteiger partial charge in [0.2, 0.25) is 5.95 Å². The molecule has 0 aliphatic carbocycles. The number of aromatic hydroxyl groups is 1. The predicted octanol–water partition coefficient (Wildman–Crippen LogP) is 5.05. The smallest absolute Gasteiger partial charge is 0.204 e. The van der Waals surface area contributed by atoms with Crippen molar-refractivity contribution in [3.63, 3.8) is 0 Å². The number of halogens is 5. The number of morpholine rings is 1. The van der Waals surface area contributed by atoms with Crippen molar-refractivity contribution in [2.45, 2.75) is 25.8 Å². The van der Waals surface area contributed by atoms with Crippen molar-refractivity contribution >= 4 is 78.2 Å². The molecule has 192 valence electrons. The van der Waals surface area contributed by atoms with E-state index in [1.165, 1.54) is 0 Å². The van der Waals surface area contributed by atoms with Gasteiger partial charge in [0.25, 0.3) is 0 Å². The molecule has 1 fully saturated rings. The number of pyridine rings is 1. The second-order valence-corrected chi connectivity index (χ2v) is 7.90.